The van der Waals surface area contributed by atoms with Crippen molar-refractivity contribution in [3.8, 4) is 46.0 Å². The molecule has 4 fully saturated rings. The van der Waals surface area contributed by atoms with E-state index >= 15 is 19.8 Å². The van der Waals surface area contributed by atoms with Crippen molar-refractivity contribution >= 4 is 11.8 Å². The summed E-state index contributed by atoms with van der Waals surface area (Å²) in [6.07, 6.45) is -1.44. The number of phenolic OH excluding ortho intramolecular Hbond substituents is 8. The number of carboxylic acids is 1. The lowest BCUT2D eigenvalue weighted by molar-refractivity contribution is -0.308. The second kappa shape index (κ2) is 33.3. The summed E-state index contributed by atoms with van der Waals surface area (Å²) in [7, 11) is 0. The summed E-state index contributed by atoms with van der Waals surface area (Å²) in [5.74, 6) is -1.38. The Morgan fingerprint density at radius 3 is 0.903 bits per heavy atom. The van der Waals surface area contributed by atoms with Crippen molar-refractivity contribution in [2.45, 2.75) is 444 Å². The number of fused-ring (bicyclic) bond motifs is 4. The van der Waals surface area contributed by atoms with E-state index in [1.165, 1.54) is 0 Å². The van der Waals surface area contributed by atoms with Gasteiger partial charge in [-0.3, -0.25) is 9.59 Å². The van der Waals surface area contributed by atoms with Crippen LogP contribution in [0.3, 0.4) is 0 Å². The zero-order valence-corrected chi connectivity index (χ0v) is 96.5. The van der Waals surface area contributed by atoms with Gasteiger partial charge in [0.05, 0.1) is 37.3 Å². The van der Waals surface area contributed by atoms with E-state index in [2.05, 4.69) is 314 Å². The maximum atomic E-state index is 22.3. The highest BCUT2D eigenvalue weighted by molar-refractivity contribution is 6.14. The topological polar surface area (TPSA) is 253 Å². The molecule has 9 N–H and O–H groups in total. The molecule has 2 saturated heterocycles. The summed E-state index contributed by atoms with van der Waals surface area (Å²) in [6, 6.07) is 22.4. The van der Waals surface area contributed by atoms with Crippen LogP contribution in [0.25, 0.3) is 0 Å². The molecule has 5 aliphatic heterocycles. The summed E-state index contributed by atoms with van der Waals surface area (Å²) >= 11 is 0. The van der Waals surface area contributed by atoms with Crippen molar-refractivity contribution in [1.82, 2.24) is 0 Å². The molecule has 4 unspecified atom stereocenters. The molecule has 144 heavy (non-hydrogen) atoms. The minimum Gasteiger partial charge on any atom is -0.507 e. The molecule has 17 rings (SSSR count). The molecule has 8 aromatic rings. The van der Waals surface area contributed by atoms with Crippen LogP contribution in [0, 0.1) is 37.9 Å². The third-order valence-corrected chi connectivity index (χ3v) is 35.2. The average molecular weight is 1970 g/mol. The van der Waals surface area contributed by atoms with Gasteiger partial charge in [-0.2, -0.15) is 0 Å². The van der Waals surface area contributed by atoms with Gasteiger partial charge in [0.15, 0.2) is 18.4 Å². The molecule has 0 radical (unpaired) electrons. The lowest BCUT2D eigenvalue weighted by Crippen LogP contribution is -2.62. The molecule has 784 valence electrons. The number of ketones is 1. The summed E-state index contributed by atoms with van der Waals surface area (Å²) in [6.45, 7) is 93.3. The lowest BCUT2D eigenvalue weighted by Gasteiger charge is -2.59. The molecular formula is C129H178O15. The zero-order valence-electron chi connectivity index (χ0n) is 96.5. The number of phenols is 8. The number of aliphatic carboxylic acids is 1. The predicted molar refractivity (Wildman–Crippen MR) is 582 cm³/mol. The number of carbonyl (C=O) groups excluding carboxylic acids is 1. The fourth-order valence-corrected chi connectivity index (χ4v) is 28.7. The van der Waals surface area contributed by atoms with E-state index in [1.54, 1.807) is 0 Å². The Bertz CT molecular complexity index is 6490. The highest BCUT2D eigenvalue weighted by Crippen LogP contribution is 2.87. The second-order valence-electron chi connectivity index (χ2n) is 60.6. The summed E-state index contributed by atoms with van der Waals surface area (Å²) in [5, 5.41) is 126. The third kappa shape index (κ3) is 16.9. The second-order valence-corrected chi connectivity index (χ2v) is 60.6. The van der Waals surface area contributed by atoms with E-state index in [0.717, 1.165) is 11.1 Å². The third-order valence-electron chi connectivity index (χ3n) is 35.2. The fourth-order valence-electron chi connectivity index (χ4n) is 28.7. The van der Waals surface area contributed by atoms with E-state index in [1.807, 2.05) is 57.2 Å². The summed E-state index contributed by atoms with van der Waals surface area (Å²) < 4.78 is 29.9. The van der Waals surface area contributed by atoms with Crippen LogP contribution in [0.2, 0.25) is 0 Å². The van der Waals surface area contributed by atoms with E-state index in [0.29, 0.717) is 146 Å². The number of ether oxygens (including phenoxy) is 4. The SMILES string of the molecule is CC(C)(C)c1cc(C2(C(=O)O)c3c(c(C(C)(C)C)c(O)c(Cc4cc(C(C)(C)C)c(O)c(C(C)(C)C)c4)c3C(=O)C3(c4cc(Cc5cc(C(C)(C)C)c(O)c(C(C)(C)C)c5)c(O)c(C(C)(C)C)c4)c4c(c(C(C)(C)C)c(O)c5c4C4OCC6(COC(OC6)c6c(cc(C(C)(C)C)c(O)c6C(C)(C)C)C5)CO4)CC(C)(C)C34CC4(C)C)CC(C)(C)C23CC3(C)C)cc(Cc2cc(C(C)(C)C)c(O)c(C(C)(C)C)c2)c1O. The van der Waals surface area contributed by atoms with Gasteiger partial charge < -0.3 is 64.9 Å². The van der Waals surface area contributed by atoms with Crippen LogP contribution < -0.4 is 0 Å². The van der Waals surface area contributed by atoms with Crippen LogP contribution >= 0.6 is 0 Å². The highest BCUT2D eigenvalue weighted by atomic mass is 16.7. The van der Waals surface area contributed by atoms with Gasteiger partial charge >= 0.3 is 5.97 Å². The Kier molecular flexibility index (Phi) is 25.3. The Morgan fingerprint density at radius 1 is 0.306 bits per heavy atom. The predicted octanol–water partition coefficient (Wildman–Crippen LogP) is 29.9. The van der Waals surface area contributed by atoms with Crippen LogP contribution in [0.4, 0.5) is 0 Å². The summed E-state index contributed by atoms with van der Waals surface area (Å²) in [5.41, 5.74) is -5.74. The van der Waals surface area contributed by atoms with Gasteiger partial charge in [-0.05, 0) is 229 Å². The van der Waals surface area contributed by atoms with E-state index < -0.39 is 138 Å². The molecule has 0 amide bonds. The minimum absolute atomic E-state index is 0.00144. The van der Waals surface area contributed by atoms with Gasteiger partial charge in [-0.1, -0.05) is 371 Å². The van der Waals surface area contributed by atoms with Crippen molar-refractivity contribution in [3.63, 3.8) is 0 Å². The first-order chi connectivity index (χ1) is 64.9. The maximum absolute atomic E-state index is 22.3. The van der Waals surface area contributed by atoms with Crippen molar-refractivity contribution in [3.05, 3.63) is 228 Å². The van der Waals surface area contributed by atoms with E-state index in [9.17, 15) is 35.7 Å². The molecular weight excluding hydrogens is 1790 g/mol. The largest absolute Gasteiger partial charge is 0.507 e. The van der Waals surface area contributed by atoms with Crippen molar-refractivity contribution < 1.29 is 74.5 Å². The number of hydrogen-bond acceptors (Lipinski definition) is 14. The smallest absolute Gasteiger partial charge is 0.319 e. The Balaban J connectivity index is 1.29. The molecule has 4 atom stereocenters. The Hall–Kier alpha value is -8.86. The summed E-state index contributed by atoms with van der Waals surface area (Å²) in [4.78, 5) is 40.7. The number of Topliss-reactive ketones (excluding diaryl/α,β-unsaturated/α-hetero) is 1. The number of rotatable bonds is 11. The lowest BCUT2D eigenvalue weighted by atomic mass is 9.41. The van der Waals surface area contributed by atoms with Gasteiger partial charge in [-0.15, -0.1) is 0 Å². The molecule has 3 spiro atoms. The minimum atomic E-state index is -2.37. The first-order valence-corrected chi connectivity index (χ1v) is 53.3. The highest BCUT2D eigenvalue weighted by Gasteiger charge is 2.85. The maximum Gasteiger partial charge on any atom is 0.319 e. The zero-order chi connectivity index (χ0) is 108. The first kappa shape index (κ1) is 109. The first-order valence-electron chi connectivity index (χ1n) is 53.3. The molecule has 5 heterocycles. The van der Waals surface area contributed by atoms with Crippen molar-refractivity contribution in [2.75, 3.05) is 26.4 Å². The van der Waals surface area contributed by atoms with E-state index in [-0.39, 0.29) is 128 Å². The van der Waals surface area contributed by atoms with Crippen molar-refractivity contribution in [2.24, 2.45) is 37.9 Å². The van der Waals surface area contributed by atoms with Gasteiger partial charge in [0, 0.05) is 81.0 Å². The van der Waals surface area contributed by atoms with Crippen LogP contribution in [0.15, 0.2) is 66.7 Å². The molecule has 9 aliphatic rings. The van der Waals surface area contributed by atoms with E-state index in [4.69, 9.17) is 18.9 Å². The number of carbonyl (C=O) groups is 2. The van der Waals surface area contributed by atoms with Crippen molar-refractivity contribution in [1.29, 1.82) is 0 Å². The van der Waals surface area contributed by atoms with Crippen LogP contribution in [0.5, 0.6) is 46.0 Å². The number of aromatic hydroxyl groups is 8. The molecule has 8 aromatic carbocycles. The Morgan fingerprint density at radius 2 is 0.590 bits per heavy atom. The monoisotopic (exact) mass is 1970 g/mol. The van der Waals surface area contributed by atoms with Gasteiger partial charge in [0.1, 0.15) is 51.4 Å². The molecule has 3 bridgehead atoms. The van der Waals surface area contributed by atoms with Gasteiger partial charge in [0.25, 0.3) is 0 Å². The molecule has 2 saturated carbocycles. The van der Waals surface area contributed by atoms with Gasteiger partial charge in [-0.25, -0.2) is 0 Å². The standard InChI is InChI=1S/C129H178O15/c1-109(2,3)80-48-68(49-81(101(80)134)110(4,5)6)45-72-54-74(58-87(97(72)130)116(22,23)24)128(93-79(61-121(37,38)126(128)62-123(126,41)42)95(119(31,32)33)100(133)77-56-71-57-86(115(19,20)21)104(137)96(120(34,35)36)89(71)106-141-64-125(65-142-106)66-143-107(91(77)93)144-67-125)105(138)90-76(47-70-52-84(113(13,14)15)103(136)85(53-70)114(16,17)18)99(132)94(118(28,29)30)78-60-122(39,40)127(63-124(127,43)44)129(92(78)90,108(139)140)75-55-73(98(131)88(59-75)117(25,26)27)46-69-50-82(111(7,8)9)102(135)83(51-69)112(10,11)12/h48-55,57-59,106-107,130-137H,45-47,56,60-67H2,1-44H3,(H,139,140). The molecule has 0 aromatic heterocycles. The molecule has 15 nitrogen and oxygen atoms in total. The normalized spacial score (nSPS) is 23.8. The molecule has 15 heteroatoms. The number of benzene rings is 8. The number of hydrogen-bond donors (Lipinski definition) is 9. The van der Waals surface area contributed by atoms with Crippen LogP contribution in [-0.4, -0.2) is 84.1 Å². The van der Waals surface area contributed by atoms with Crippen LogP contribution in [-0.2, 0) is 138 Å². The average Bonchev–Trinajstić information content (AvgIpc) is 1.44. The fraction of sp³-hybridized carbons (Fsp3) is 0.612. The number of carboxylic acid groups (broad SMARTS) is 1. The quantitative estimate of drug-likeness (QED) is 0.0546. The molecule has 4 aliphatic carbocycles. The van der Waals surface area contributed by atoms with Crippen LogP contribution in [0.1, 0.15) is 496 Å². The Labute approximate surface area is 863 Å². The van der Waals surface area contributed by atoms with Gasteiger partial charge in [0.2, 0.25) is 0 Å².